The fourth-order valence-corrected chi connectivity index (χ4v) is 13.7. The minimum Gasteiger partial charge on any atom is -0.479 e. The Hall–Kier alpha value is -6.61. The largest absolute Gasteiger partial charge is 0.479 e. The number of hydrogen-bond acceptors (Lipinski definition) is 14. The smallest absolute Gasteiger partial charge is 0.349 e. The average molecular weight is 997 g/mol. The zero-order valence-electron chi connectivity index (χ0n) is 37.4. The van der Waals surface area contributed by atoms with Gasteiger partial charge in [-0.05, 0) is 104 Å². The maximum absolute atomic E-state index is 14.1. The first-order valence-corrected chi connectivity index (χ1v) is 25.3. The molecule has 0 radical (unpaired) electrons. The number of halogens is 1. The zero-order chi connectivity index (χ0) is 48.5. The number of nitrogens with one attached hydrogen (secondary N) is 2. The Bertz CT molecular complexity index is 3240. The first-order valence-electron chi connectivity index (χ1n) is 22.5. The number of aromatic nitrogens is 2. The molecular weight excluding hydrogens is 950 g/mol. The van der Waals surface area contributed by atoms with Crippen molar-refractivity contribution in [3.63, 3.8) is 0 Å². The van der Waals surface area contributed by atoms with Gasteiger partial charge in [-0.15, -0.1) is 11.3 Å². The van der Waals surface area contributed by atoms with Gasteiger partial charge in [-0.3, -0.25) is 24.6 Å². The van der Waals surface area contributed by atoms with Gasteiger partial charge in [0.05, 0.1) is 16.3 Å². The molecule has 2 atom stereocenters. The molecule has 7 heterocycles. The van der Waals surface area contributed by atoms with E-state index < -0.39 is 46.1 Å². The summed E-state index contributed by atoms with van der Waals surface area (Å²) >= 11 is 7.42. The van der Waals surface area contributed by atoms with Crippen molar-refractivity contribution >= 4 is 102 Å². The number of rotatable bonds is 13. The molecule has 10 rings (SSSR count). The molecule has 18 nitrogen and oxygen atoms in total. The lowest BCUT2D eigenvalue weighted by Crippen LogP contribution is -2.55. The number of piperidine rings is 3. The standard InChI is InChI=1S/C48H46ClN7O11S2/c1-48(2)21-29(51-28-6-3-5-27(20-28)41-39(49)40(66-23-37(58)59)42(68-41)46(62)63)15-18-55(48)69(64,65)24-25-19-33-44(50-22-25)67-47(52-33)54-16-13-26(14-17-54)30-9-10-34-38-31(30)7-4-8-32(38)45(61)56(34)35-11-12-36(57)53-43(35)60/h3-10,19-20,22,26,29,35,51H,11-18,21,23-24H2,1-2H3,(H,58,59)(H,62,63)(H,53,57,60). The molecule has 6 aromatic rings. The predicted molar refractivity (Wildman–Crippen MR) is 258 cm³/mol. The number of anilines is 3. The van der Waals surface area contributed by atoms with Crippen LogP contribution in [-0.2, 0) is 30.2 Å². The van der Waals surface area contributed by atoms with E-state index in [0.29, 0.717) is 76.1 Å². The van der Waals surface area contributed by atoms with Crippen LogP contribution >= 0.6 is 22.9 Å². The van der Waals surface area contributed by atoms with E-state index in [-0.39, 0.29) is 64.6 Å². The van der Waals surface area contributed by atoms with E-state index in [1.807, 2.05) is 50.2 Å². The van der Waals surface area contributed by atoms with Crippen LogP contribution in [-0.4, -0.2) is 106 Å². The van der Waals surface area contributed by atoms with Crippen molar-refractivity contribution in [2.75, 3.05) is 41.4 Å². The minimum absolute atomic E-state index is 0.00162. The Morgan fingerprint density at radius 3 is 2.54 bits per heavy atom. The summed E-state index contributed by atoms with van der Waals surface area (Å²) in [5.74, 6) is -3.91. The normalized spacial score (nSPS) is 19.9. The van der Waals surface area contributed by atoms with Gasteiger partial charge in [0.1, 0.15) is 16.6 Å². The number of pyridine rings is 1. The lowest BCUT2D eigenvalue weighted by atomic mass is 9.85. The quantitative estimate of drug-likeness (QED) is 0.0833. The van der Waals surface area contributed by atoms with E-state index >= 15 is 0 Å². The summed E-state index contributed by atoms with van der Waals surface area (Å²) in [5.41, 5.74) is 4.14. The second kappa shape index (κ2) is 17.7. The maximum atomic E-state index is 14.1. The third-order valence-corrected chi connectivity index (χ3v) is 17.1. The number of thiophene rings is 1. The molecule has 69 heavy (non-hydrogen) atoms. The molecule has 21 heteroatoms. The van der Waals surface area contributed by atoms with Crippen molar-refractivity contribution in [1.82, 2.24) is 19.6 Å². The fraction of sp³-hybridized carbons (Fsp3) is 0.354. The van der Waals surface area contributed by atoms with Crippen molar-refractivity contribution in [2.45, 2.75) is 81.7 Å². The molecule has 358 valence electrons. The van der Waals surface area contributed by atoms with Gasteiger partial charge < -0.3 is 29.6 Å². The lowest BCUT2D eigenvalue weighted by molar-refractivity contribution is -0.139. The van der Waals surface area contributed by atoms with Crippen molar-refractivity contribution in [3.8, 4) is 16.2 Å². The number of aromatic carboxylic acids is 1. The van der Waals surface area contributed by atoms with Crippen molar-refractivity contribution in [3.05, 3.63) is 93.5 Å². The van der Waals surface area contributed by atoms with Crippen molar-refractivity contribution in [2.24, 2.45) is 0 Å². The van der Waals surface area contributed by atoms with E-state index in [4.69, 9.17) is 30.8 Å². The number of carbonyl (C=O) groups is 5. The molecule has 3 aromatic carbocycles. The highest BCUT2D eigenvalue weighted by molar-refractivity contribution is 7.88. The van der Waals surface area contributed by atoms with Crippen LogP contribution in [0.3, 0.4) is 0 Å². The number of fused-ring (bicyclic) bond motifs is 1. The monoisotopic (exact) mass is 995 g/mol. The van der Waals surface area contributed by atoms with E-state index in [0.717, 1.165) is 40.5 Å². The number of carbonyl (C=O) groups excluding carboxylic acids is 3. The summed E-state index contributed by atoms with van der Waals surface area (Å²) in [6.45, 7) is 4.57. The van der Waals surface area contributed by atoms with Gasteiger partial charge in [-0.2, -0.15) is 9.29 Å². The summed E-state index contributed by atoms with van der Waals surface area (Å²) in [5, 5.41) is 26.5. The number of aliphatic carboxylic acids is 1. The number of carboxylic acids is 2. The highest BCUT2D eigenvalue weighted by Crippen LogP contribution is 2.47. The lowest BCUT2D eigenvalue weighted by Gasteiger charge is -2.44. The van der Waals surface area contributed by atoms with Crippen LogP contribution in [0.2, 0.25) is 5.02 Å². The highest BCUT2D eigenvalue weighted by Gasteiger charge is 2.43. The number of ether oxygens (including phenoxy) is 1. The molecule has 2 unspecified atom stereocenters. The molecule has 3 fully saturated rings. The van der Waals surface area contributed by atoms with Gasteiger partial charge >= 0.3 is 11.9 Å². The zero-order valence-corrected chi connectivity index (χ0v) is 39.7. The highest BCUT2D eigenvalue weighted by atomic mass is 35.5. The first kappa shape index (κ1) is 46.1. The Labute approximate surface area is 404 Å². The Morgan fingerprint density at radius 2 is 1.80 bits per heavy atom. The number of carboxylic acid groups (broad SMARTS) is 2. The number of hydrogen-bond donors (Lipinski definition) is 4. The van der Waals surface area contributed by atoms with Crippen LogP contribution in [0.5, 0.6) is 5.75 Å². The number of sulfonamides is 1. The number of imide groups is 1. The molecule has 4 aliphatic heterocycles. The van der Waals surface area contributed by atoms with Gasteiger partial charge in [0.2, 0.25) is 27.6 Å². The molecule has 4 aliphatic rings. The van der Waals surface area contributed by atoms with E-state index in [2.05, 4.69) is 20.5 Å². The molecule has 3 amide bonds. The summed E-state index contributed by atoms with van der Waals surface area (Å²) in [7, 11) is -3.82. The molecule has 0 saturated carbocycles. The molecule has 0 bridgehead atoms. The minimum atomic E-state index is -3.82. The number of oxazole rings is 1. The van der Waals surface area contributed by atoms with Gasteiger partial charge in [-0.1, -0.05) is 41.9 Å². The molecule has 0 aliphatic carbocycles. The van der Waals surface area contributed by atoms with E-state index in [1.54, 1.807) is 28.6 Å². The Morgan fingerprint density at radius 1 is 1.01 bits per heavy atom. The Balaban J connectivity index is 0.778. The summed E-state index contributed by atoms with van der Waals surface area (Å²) < 4.78 is 41.1. The number of amides is 3. The molecule has 3 saturated heterocycles. The topological polar surface area (TPSA) is 242 Å². The van der Waals surface area contributed by atoms with Gasteiger partial charge in [-0.25, -0.2) is 23.0 Å². The van der Waals surface area contributed by atoms with Crippen LogP contribution in [0, 0.1) is 0 Å². The van der Waals surface area contributed by atoms with Crippen LogP contribution in [0.25, 0.3) is 32.4 Å². The second-order valence-corrected chi connectivity index (χ2v) is 21.7. The van der Waals surface area contributed by atoms with Crippen LogP contribution in [0.15, 0.2) is 71.3 Å². The fourth-order valence-electron chi connectivity index (χ4n) is 10.4. The number of nitrogens with zero attached hydrogens (tertiary/aromatic N) is 5. The third kappa shape index (κ3) is 8.63. The summed E-state index contributed by atoms with van der Waals surface area (Å²) in [4.78, 5) is 74.4. The summed E-state index contributed by atoms with van der Waals surface area (Å²) in [6, 6.07) is 18.1. The SMILES string of the molecule is CC1(C)CC(Nc2cccc(-c3sc(C(=O)O)c(OCC(=O)O)c3Cl)c2)CCN1S(=O)(=O)Cc1cnc2oc(N3CCC(c4ccc5c6c(cccc46)C(=O)N5C4CCC(=O)NC4=O)CC3)nc2c1. The third-order valence-electron chi connectivity index (χ3n) is 13.4. The van der Waals surface area contributed by atoms with Crippen LogP contribution in [0.4, 0.5) is 17.4 Å². The predicted octanol–water partition coefficient (Wildman–Crippen LogP) is 7.25. The van der Waals surface area contributed by atoms with Crippen molar-refractivity contribution < 1.29 is 51.8 Å². The summed E-state index contributed by atoms with van der Waals surface area (Å²) in [6.07, 6.45) is 4.50. The van der Waals surface area contributed by atoms with Crippen LogP contribution in [0.1, 0.15) is 89.4 Å². The molecular formula is C48H46ClN7O11S2. The van der Waals surface area contributed by atoms with E-state index in [1.165, 1.54) is 11.1 Å². The Kier molecular flexibility index (Phi) is 11.9. The molecule has 0 spiro atoms. The van der Waals surface area contributed by atoms with Gasteiger partial charge in [0.25, 0.3) is 11.9 Å². The van der Waals surface area contributed by atoms with Gasteiger partial charge in [0, 0.05) is 60.5 Å². The number of benzene rings is 3. The van der Waals surface area contributed by atoms with E-state index in [9.17, 15) is 37.5 Å². The van der Waals surface area contributed by atoms with Crippen molar-refractivity contribution in [1.29, 1.82) is 0 Å². The molecule has 4 N–H and O–H groups in total. The second-order valence-electron chi connectivity index (χ2n) is 18.4. The molecule has 3 aromatic heterocycles. The average Bonchev–Trinajstić information content (AvgIpc) is 3.97. The van der Waals surface area contributed by atoms with Crippen LogP contribution < -0.4 is 25.2 Å². The van der Waals surface area contributed by atoms with Gasteiger partial charge in [0.15, 0.2) is 17.2 Å². The maximum Gasteiger partial charge on any atom is 0.349 e. The first-order chi connectivity index (χ1) is 33.0.